The van der Waals surface area contributed by atoms with Crippen LogP contribution < -0.4 is 5.32 Å². The molecule has 8 heteroatoms. The molecule has 1 amide bonds. The van der Waals surface area contributed by atoms with E-state index in [9.17, 15) is 14.9 Å². The molecule has 0 heterocycles. The molecule has 0 aliphatic rings. The van der Waals surface area contributed by atoms with Gasteiger partial charge in [-0.2, -0.15) is 0 Å². The van der Waals surface area contributed by atoms with Crippen molar-refractivity contribution in [1.29, 1.82) is 0 Å². The van der Waals surface area contributed by atoms with Crippen molar-refractivity contribution in [2.24, 2.45) is 0 Å². The molecule has 0 saturated heterocycles. The van der Waals surface area contributed by atoms with Gasteiger partial charge in [0, 0.05) is 18.0 Å². The van der Waals surface area contributed by atoms with E-state index in [1.165, 1.54) is 0 Å². The zero-order valence-electron chi connectivity index (χ0n) is 19.7. The molecule has 1 aromatic carbocycles. The molecule has 0 fully saturated rings. The van der Waals surface area contributed by atoms with E-state index in [0.29, 0.717) is 18.6 Å². The molecule has 0 aliphatic carbocycles. The number of amides is 1. The molecule has 1 aromatic rings. The molecule has 1 rings (SSSR count). The fraction of sp³-hybridized carbons (Fsp3) is 0.682. The maximum absolute atomic E-state index is 12.4. The Morgan fingerprint density at radius 3 is 2.17 bits per heavy atom. The lowest BCUT2D eigenvalue weighted by atomic mass is 9.96. The van der Waals surface area contributed by atoms with Gasteiger partial charge in [0.1, 0.15) is 11.6 Å². The van der Waals surface area contributed by atoms with Gasteiger partial charge in [-0.1, -0.05) is 51.1 Å². The number of ether oxygens (including phenoxy) is 1. The van der Waals surface area contributed by atoms with Crippen molar-refractivity contribution in [2.45, 2.75) is 90.2 Å². The van der Waals surface area contributed by atoms with E-state index < -0.39 is 32.1 Å². The first-order valence-corrected chi connectivity index (χ1v) is 13.4. The van der Waals surface area contributed by atoms with Crippen molar-refractivity contribution in [2.75, 3.05) is 6.61 Å². The second kappa shape index (κ2) is 10.4. The number of hydrogen-bond acceptors (Lipinski definition) is 5. The molecular formula is C22H38N2O5Si. The largest absolute Gasteiger partial charge is 0.444 e. The predicted octanol–water partition coefficient (Wildman–Crippen LogP) is 5.70. The average Bonchev–Trinajstić information content (AvgIpc) is 2.58. The second-order valence-electron chi connectivity index (χ2n) is 10.1. The highest BCUT2D eigenvalue weighted by Crippen LogP contribution is 2.36. The van der Waals surface area contributed by atoms with Crippen LogP contribution in [0.3, 0.4) is 0 Å². The van der Waals surface area contributed by atoms with Gasteiger partial charge in [-0.15, -0.1) is 0 Å². The molecule has 2 atom stereocenters. The van der Waals surface area contributed by atoms with Gasteiger partial charge in [-0.3, -0.25) is 10.1 Å². The fourth-order valence-electron chi connectivity index (χ4n) is 2.73. The minimum Gasteiger partial charge on any atom is -0.444 e. The lowest BCUT2D eigenvalue weighted by Gasteiger charge is -2.36. The highest BCUT2D eigenvalue weighted by atomic mass is 28.4. The smallest absolute Gasteiger partial charge is 0.408 e. The SMILES string of the molecule is CC(C)(C)OC(=O)N[C@H](c1ccccc1)[C@H](CCCO[Si](C)(C)C(C)(C)C)[N+](=O)[O-]. The van der Waals surface area contributed by atoms with Gasteiger partial charge in [-0.05, 0) is 50.9 Å². The van der Waals surface area contributed by atoms with Crippen molar-refractivity contribution in [3.05, 3.63) is 46.0 Å². The lowest BCUT2D eigenvalue weighted by molar-refractivity contribution is -0.529. The summed E-state index contributed by atoms with van der Waals surface area (Å²) in [4.78, 5) is 24.0. The molecule has 1 N–H and O–H groups in total. The van der Waals surface area contributed by atoms with E-state index >= 15 is 0 Å². The van der Waals surface area contributed by atoms with Crippen LogP contribution in [0, 0.1) is 10.1 Å². The van der Waals surface area contributed by atoms with Gasteiger partial charge in [-0.25, -0.2) is 4.79 Å². The summed E-state index contributed by atoms with van der Waals surface area (Å²) in [7, 11) is -1.91. The number of hydrogen-bond donors (Lipinski definition) is 1. The van der Waals surface area contributed by atoms with Crippen LogP contribution in [0.15, 0.2) is 30.3 Å². The first-order chi connectivity index (χ1) is 13.6. The Morgan fingerprint density at radius 1 is 1.13 bits per heavy atom. The normalized spacial score (nSPS) is 14.7. The molecule has 0 unspecified atom stereocenters. The van der Waals surface area contributed by atoms with Crippen molar-refractivity contribution >= 4 is 14.4 Å². The summed E-state index contributed by atoms with van der Waals surface area (Å²) in [5.74, 6) is 0. The van der Waals surface area contributed by atoms with Crippen molar-refractivity contribution in [3.8, 4) is 0 Å². The molecule has 0 aliphatic heterocycles. The Morgan fingerprint density at radius 2 is 1.70 bits per heavy atom. The van der Waals surface area contributed by atoms with Crippen LogP contribution in [0.1, 0.15) is 66.0 Å². The van der Waals surface area contributed by atoms with Gasteiger partial charge in [0.25, 0.3) is 0 Å². The average molecular weight is 439 g/mol. The van der Waals surface area contributed by atoms with E-state index in [-0.39, 0.29) is 16.4 Å². The summed E-state index contributed by atoms with van der Waals surface area (Å²) in [6.07, 6.45) is 0.162. The Kier molecular flexibility index (Phi) is 9.04. The fourth-order valence-corrected chi connectivity index (χ4v) is 3.81. The number of carbonyl (C=O) groups excluding carboxylic acids is 1. The van der Waals surface area contributed by atoms with E-state index in [2.05, 4.69) is 39.2 Å². The molecule has 0 saturated carbocycles. The molecule has 0 radical (unpaired) electrons. The van der Waals surface area contributed by atoms with Crippen LogP contribution in [-0.4, -0.2) is 37.6 Å². The number of alkyl carbamates (subject to hydrolysis) is 1. The van der Waals surface area contributed by atoms with Crippen LogP contribution in [0.4, 0.5) is 4.79 Å². The van der Waals surface area contributed by atoms with E-state index in [1.807, 2.05) is 6.07 Å². The quantitative estimate of drug-likeness (QED) is 0.231. The lowest BCUT2D eigenvalue weighted by Crippen LogP contribution is -2.43. The minimum absolute atomic E-state index is 0.0837. The molecule has 0 aromatic heterocycles. The third-order valence-electron chi connectivity index (χ3n) is 5.40. The molecular weight excluding hydrogens is 400 g/mol. The van der Waals surface area contributed by atoms with E-state index in [1.54, 1.807) is 45.0 Å². The van der Waals surface area contributed by atoms with Gasteiger partial charge < -0.3 is 14.5 Å². The summed E-state index contributed by atoms with van der Waals surface area (Å²) >= 11 is 0. The summed E-state index contributed by atoms with van der Waals surface area (Å²) in [5, 5.41) is 14.7. The van der Waals surface area contributed by atoms with Crippen molar-refractivity contribution < 1.29 is 18.9 Å². The first kappa shape index (κ1) is 26.1. The zero-order valence-corrected chi connectivity index (χ0v) is 20.7. The zero-order chi connectivity index (χ0) is 23.2. The molecule has 0 spiro atoms. The van der Waals surface area contributed by atoms with Gasteiger partial charge >= 0.3 is 6.09 Å². The Balaban J connectivity index is 2.92. The Bertz CT molecular complexity index is 696. The number of rotatable bonds is 9. The van der Waals surface area contributed by atoms with Crippen LogP contribution >= 0.6 is 0 Å². The van der Waals surface area contributed by atoms with E-state index in [0.717, 1.165) is 0 Å². The molecule has 7 nitrogen and oxygen atoms in total. The van der Waals surface area contributed by atoms with Crippen LogP contribution in [0.5, 0.6) is 0 Å². The molecule has 170 valence electrons. The number of nitrogens with zero attached hydrogens (tertiary/aromatic N) is 1. The standard InChI is InChI=1S/C22H38N2O5Si/c1-21(2,3)29-20(25)23-19(17-13-10-9-11-14-17)18(24(26)27)15-12-16-28-30(7,8)22(4,5)6/h9-11,13-14,18-19H,12,15-16H2,1-8H3,(H,23,25)/t18-,19+/m0/s1. The van der Waals surface area contributed by atoms with Crippen LogP contribution in [-0.2, 0) is 9.16 Å². The topological polar surface area (TPSA) is 90.7 Å². The third-order valence-corrected chi connectivity index (χ3v) is 9.94. The van der Waals surface area contributed by atoms with Gasteiger partial charge in [0.2, 0.25) is 6.04 Å². The molecule has 0 bridgehead atoms. The Labute approximate surface area is 181 Å². The second-order valence-corrected chi connectivity index (χ2v) is 14.9. The van der Waals surface area contributed by atoms with Crippen molar-refractivity contribution in [3.63, 3.8) is 0 Å². The molecule has 30 heavy (non-hydrogen) atoms. The first-order valence-electron chi connectivity index (χ1n) is 10.5. The maximum atomic E-state index is 12.4. The van der Waals surface area contributed by atoms with Gasteiger partial charge in [0.15, 0.2) is 8.32 Å². The summed E-state index contributed by atoms with van der Waals surface area (Å²) in [6, 6.07) is 7.23. The number of carbonyl (C=O) groups is 1. The van der Waals surface area contributed by atoms with Crippen LogP contribution in [0.2, 0.25) is 18.1 Å². The summed E-state index contributed by atoms with van der Waals surface area (Å²) in [5.41, 5.74) is -0.0118. The summed E-state index contributed by atoms with van der Waals surface area (Å²) in [6.45, 7) is 16.5. The van der Waals surface area contributed by atoms with Gasteiger partial charge in [0.05, 0.1) is 0 Å². The Hall–Kier alpha value is -1.93. The predicted molar refractivity (Wildman–Crippen MR) is 122 cm³/mol. The minimum atomic E-state index is -1.91. The van der Waals surface area contributed by atoms with E-state index in [4.69, 9.17) is 9.16 Å². The number of benzene rings is 1. The summed E-state index contributed by atoms with van der Waals surface area (Å²) < 4.78 is 11.5. The maximum Gasteiger partial charge on any atom is 0.408 e. The number of nitro groups is 1. The van der Waals surface area contributed by atoms with Crippen LogP contribution in [0.25, 0.3) is 0 Å². The highest BCUT2D eigenvalue weighted by molar-refractivity contribution is 6.74. The third kappa shape index (κ3) is 8.43. The highest BCUT2D eigenvalue weighted by Gasteiger charge is 2.38. The number of nitrogens with one attached hydrogen (secondary N) is 1. The van der Waals surface area contributed by atoms with Crippen molar-refractivity contribution in [1.82, 2.24) is 5.32 Å². The monoisotopic (exact) mass is 438 g/mol.